The molecule has 3 unspecified atom stereocenters. The lowest BCUT2D eigenvalue weighted by Gasteiger charge is -2.33. The van der Waals surface area contributed by atoms with E-state index in [9.17, 15) is 0 Å². The highest BCUT2D eigenvalue weighted by Crippen LogP contribution is 2.30. The molecule has 0 aromatic carbocycles. The second-order valence-electron chi connectivity index (χ2n) is 5.27. The van der Waals surface area contributed by atoms with Crippen LogP contribution in [0.15, 0.2) is 0 Å². The van der Waals surface area contributed by atoms with Crippen LogP contribution >= 0.6 is 0 Å². The summed E-state index contributed by atoms with van der Waals surface area (Å²) in [5, 5.41) is 3.61. The summed E-state index contributed by atoms with van der Waals surface area (Å²) in [6.45, 7) is 9.63. The standard InChI is InChI=1S/C14H29NO/c1-4-9-16-11-14(15-5-2)13-8-6-7-12(3)10-13/h12-15H,4-11H2,1-3H3. The lowest BCUT2D eigenvalue weighted by atomic mass is 9.79. The van der Waals surface area contributed by atoms with Crippen LogP contribution in [0.1, 0.15) is 52.9 Å². The highest BCUT2D eigenvalue weighted by atomic mass is 16.5. The zero-order valence-electron chi connectivity index (χ0n) is 11.3. The molecule has 0 aliphatic heterocycles. The number of hydrogen-bond acceptors (Lipinski definition) is 2. The molecule has 0 amide bonds. The number of likely N-dealkylation sites (N-methyl/N-ethyl adjacent to an activating group) is 1. The quantitative estimate of drug-likeness (QED) is 0.674. The third-order valence-corrected chi connectivity index (χ3v) is 3.66. The third kappa shape index (κ3) is 4.84. The van der Waals surface area contributed by atoms with Crippen molar-refractivity contribution in [2.75, 3.05) is 19.8 Å². The Morgan fingerprint density at radius 1 is 1.31 bits per heavy atom. The molecule has 3 atom stereocenters. The maximum absolute atomic E-state index is 5.72. The minimum atomic E-state index is 0.583. The third-order valence-electron chi connectivity index (χ3n) is 3.66. The lowest BCUT2D eigenvalue weighted by molar-refractivity contribution is 0.0797. The van der Waals surface area contributed by atoms with Gasteiger partial charge in [0.25, 0.3) is 0 Å². The monoisotopic (exact) mass is 227 g/mol. The molecule has 0 spiro atoms. The van der Waals surface area contributed by atoms with Gasteiger partial charge in [-0.3, -0.25) is 0 Å². The lowest BCUT2D eigenvalue weighted by Crippen LogP contribution is -2.41. The average Bonchev–Trinajstić information content (AvgIpc) is 2.28. The van der Waals surface area contributed by atoms with Crippen LogP contribution in [0.3, 0.4) is 0 Å². The van der Waals surface area contributed by atoms with E-state index in [4.69, 9.17) is 4.74 Å². The second kappa shape index (κ2) is 8.08. The van der Waals surface area contributed by atoms with Crippen molar-refractivity contribution in [2.24, 2.45) is 11.8 Å². The van der Waals surface area contributed by atoms with Gasteiger partial charge in [-0.25, -0.2) is 0 Å². The number of hydrogen-bond donors (Lipinski definition) is 1. The van der Waals surface area contributed by atoms with Crippen molar-refractivity contribution in [1.29, 1.82) is 0 Å². The molecule has 0 radical (unpaired) electrons. The predicted octanol–water partition coefficient (Wildman–Crippen LogP) is 3.22. The number of nitrogens with one attached hydrogen (secondary N) is 1. The molecule has 96 valence electrons. The Hall–Kier alpha value is -0.0800. The first-order valence-electron chi connectivity index (χ1n) is 7.09. The molecular formula is C14H29NO. The topological polar surface area (TPSA) is 21.3 Å². The first-order chi connectivity index (χ1) is 7.77. The molecule has 1 aliphatic carbocycles. The second-order valence-corrected chi connectivity index (χ2v) is 5.27. The summed E-state index contributed by atoms with van der Waals surface area (Å²) in [7, 11) is 0. The molecular weight excluding hydrogens is 198 g/mol. The van der Waals surface area contributed by atoms with Gasteiger partial charge in [0, 0.05) is 12.6 Å². The molecule has 0 saturated heterocycles. The van der Waals surface area contributed by atoms with E-state index in [2.05, 4.69) is 26.1 Å². The van der Waals surface area contributed by atoms with Crippen LogP contribution in [0.5, 0.6) is 0 Å². The highest BCUT2D eigenvalue weighted by molar-refractivity contribution is 4.81. The minimum Gasteiger partial charge on any atom is -0.380 e. The smallest absolute Gasteiger partial charge is 0.0622 e. The van der Waals surface area contributed by atoms with Gasteiger partial charge in [-0.2, -0.15) is 0 Å². The van der Waals surface area contributed by atoms with Gasteiger partial charge in [-0.05, 0) is 37.6 Å². The summed E-state index contributed by atoms with van der Waals surface area (Å²) in [6.07, 6.45) is 6.72. The van der Waals surface area contributed by atoms with Gasteiger partial charge < -0.3 is 10.1 Å². The first kappa shape index (κ1) is 14.0. The maximum Gasteiger partial charge on any atom is 0.0622 e. The first-order valence-corrected chi connectivity index (χ1v) is 7.09. The fourth-order valence-electron chi connectivity index (χ4n) is 2.82. The molecule has 1 fully saturated rings. The Morgan fingerprint density at radius 3 is 2.75 bits per heavy atom. The molecule has 2 heteroatoms. The van der Waals surface area contributed by atoms with Crippen LogP contribution < -0.4 is 5.32 Å². The van der Waals surface area contributed by atoms with Crippen molar-refractivity contribution in [3.8, 4) is 0 Å². The Balaban J connectivity index is 2.34. The van der Waals surface area contributed by atoms with Gasteiger partial charge in [0.05, 0.1) is 6.61 Å². The predicted molar refractivity (Wildman–Crippen MR) is 69.7 cm³/mol. The zero-order valence-corrected chi connectivity index (χ0v) is 11.3. The van der Waals surface area contributed by atoms with E-state index in [1.807, 2.05) is 0 Å². The van der Waals surface area contributed by atoms with Gasteiger partial charge in [0.2, 0.25) is 0 Å². The van der Waals surface area contributed by atoms with Crippen molar-refractivity contribution in [1.82, 2.24) is 5.32 Å². The van der Waals surface area contributed by atoms with Crippen molar-refractivity contribution in [3.63, 3.8) is 0 Å². The SMILES string of the molecule is CCCOCC(NCC)C1CCCC(C)C1. The largest absolute Gasteiger partial charge is 0.380 e. The van der Waals surface area contributed by atoms with E-state index in [1.165, 1.54) is 25.7 Å². The van der Waals surface area contributed by atoms with Crippen molar-refractivity contribution < 1.29 is 4.74 Å². The normalized spacial score (nSPS) is 27.9. The molecule has 0 heterocycles. The van der Waals surface area contributed by atoms with Crippen LogP contribution in [0, 0.1) is 11.8 Å². The highest BCUT2D eigenvalue weighted by Gasteiger charge is 2.26. The Morgan fingerprint density at radius 2 is 2.12 bits per heavy atom. The summed E-state index contributed by atoms with van der Waals surface area (Å²) < 4.78 is 5.72. The summed E-state index contributed by atoms with van der Waals surface area (Å²) in [4.78, 5) is 0. The fraction of sp³-hybridized carbons (Fsp3) is 1.00. The average molecular weight is 227 g/mol. The van der Waals surface area contributed by atoms with Gasteiger partial charge >= 0.3 is 0 Å². The Kier molecular flexibility index (Phi) is 7.06. The molecule has 0 aromatic heterocycles. The molecule has 1 rings (SSSR count). The zero-order chi connectivity index (χ0) is 11.8. The minimum absolute atomic E-state index is 0.583. The molecule has 1 aliphatic rings. The van der Waals surface area contributed by atoms with Gasteiger partial charge in [0.1, 0.15) is 0 Å². The van der Waals surface area contributed by atoms with Crippen molar-refractivity contribution >= 4 is 0 Å². The summed E-state index contributed by atoms with van der Waals surface area (Å²) in [6, 6.07) is 0.583. The van der Waals surface area contributed by atoms with E-state index in [0.717, 1.165) is 38.0 Å². The number of rotatable bonds is 7. The van der Waals surface area contributed by atoms with Crippen LogP contribution in [-0.4, -0.2) is 25.8 Å². The molecule has 1 saturated carbocycles. The number of ether oxygens (including phenoxy) is 1. The van der Waals surface area contributed by atoms with Gasteiger partial charge in [-0.1, -0.05) is 33.6 Å². The van der Waals surface area contributed by atoms with Crippen LogP contribution in [-0.2, 0) is 4.74 Å². The maximum atomic E-state index is 5.72. The molecule has 2 nitrogen and oxygen atoms in total. The van der Waals surface area contributed by atoms with E-state index in [1.54, 1.807) is 0 Å². The van der Waals surface area contributed by atoms with Gasteiger partial charge in [0.15, 0.2) is 0 Å². The van der Waals surface area contributed by atoms with Crippen molar-refractivity contribution in [3.05, 3.63) is 0 Å². The summed E-state index contributed by atoms with van der Waals surface area (Å²) in [5.41, 5.74) is 0. The van der Waals surface area contributed by atoms with Crippen LogP contribution in [0.4, 0.5) is 0 Å². The van der Waals surface area contributed by atoms with Crippen LogP contribution in [0.25, 0.3) is 0 Å². The molecule has 1 N–H and O–H groups in total. The van der Waals surface area contributed by atoms with Crippen LogP contribution in [0.2, 0.25) is 0 Å². The van der Waals surface area contributed by atoms with E-state index < -0.39 is 0 Å². The Bertz CT molecular complexity index is 172. The van der Waals surface area contributed by atoms with Gasteiger partial charge in [-0.15, -0.1) is 0 Å². The molecule has 0 aromatic rings. The van der Waals surface area contributed by atoms with Crippen molar-refractivity contribution in [2.45, 2.75) is 58.9 Å². The summed E-state index contributed by atoms with van der Waals surface area (Å²) >= 11 is 0. The van der Waals surface area contributed by atoms with E-state index >= 15 is 0 Å². The molecule has 0 bridgehead atoms. The fourth-order valence-corrected chi connectivity index (χ4v) is 2.82. The van der Waals surface area contributed by atoms with E-state index in [0.29, 0.717) is 6.04 Å². The molecule has 16 heavy (non-hydrogen) atoms. The summed E-state index contributed by atoms with van der Waals surface area (Å²) in [5.74, 6) is 1.74. The van der Waals surface area contributed by atoms with E-state index in [-0.39, 0.29) is 0 Å². The Labute approximate surface area is 101 Å².